The molecule has 0 spiro atoms. The van der Waals surface area contributed by atoms with Crippen LogP contribution in [0.3, 0.4) is 0 Å². The van der Waals surface area contributed by atoms with Crippen molar-refractivity contribution in [3.8, 4) is 0 Å². The van der Waals surface area contributed by atoms with Crippen molar-refractivity contribution in [3.05, 3.63) is 17.8 Å². The van der Waals surface area contributed by atoms with Crippen LogP contribution in [0.4, 0.5) is 5.82 Å². The second kappa shape index (κ2) is 3.73. The summed E-state index contributed by atoms with van der Waals surface area (Å²) in [5.74, 6) is 0.404. The smallest absolute Gasteiger partial charge is 0.250 e. The number of primary amides is 1. The molecule has 1 aliphatic rings. The number of aromatic amines is 1. The fourth-order valence-corrected chi connectivity index (χ4v) is 2.20. The van der Waals surface area contributed by atoms with Gasteiger partial charge in [-0.2, -0.15) is 5.10 Å². The van der Waals surface area contributed by atoms with Crippen molar-refractivity contribution in [2.75, 3.05) is 18.0 Å². The highest BCUT2D eigenvalue weighted by Gasteiger charge is 2.18. The molecule has 1 amide bonds. The normalized spacial score (nSPS) is 15.6. The zero-order chi connectivity index (χ0) is 11.8. The standard InChI is InChI=1S/C11H13N5O/c12-9(17)7-5-8-10(13-6-7)14-15-11(8)16-3-1-2-4-16/h5-6H,1-4H2,(H2,12,17)(H,13,14,15). The van der Waals surface area contributed by atoms with Crippen LogP contribution < -0.4 is 10.6 Å². The Kier molecular flexibility index (Phi) is 2.21. The van der Waals surface area contributed by atoms with Gasteiger partial charge in [-0.15, -0.1) is 0 Å². The van der Waals surface area contributed by atoms with E-state index in [-0.39, 0.29) is 0 Å². The Morgan fingerprint density at radius 1 is 1.41 bits per heavy atom. The molecule has 6 nitrogen and oxygen atoms in total. The van der Waals surface area contributed by atoms with Crippen LogP contribution in [0.5, 0.6) is 0 Å². The number of nitrogens with two attached hydrogens (primary N) is 1. The van der Waals surface area contributed by atoms with E-state index in [9.17, 15) is 4.79 Å². The van der Waals surface area contributed by atoms with Crippen LogP contribution in [-0.2, 0) is 0 Å². The van der Waals surface area contributed by atoms with Gasteiger partial charge in [-0.1, -0.05) is 0 Å². The molecule has 1 fully saturated rings. The molecule has 3 heterocycles. The summed E-state index contributed by atoms with van der Waals surface area (Å²) in [6.07, 6.45) is 3.82. The van der Waals surface area contributed by atoms with Gasteiger partial charge in [0.1, 0.15) is 0 Å². The lowest BCUT2D eigenvalue weighted by Crippen LogP contribution is -2.18. The predicted molar refractivity (Wildman–Crippen MR) is 63.9 cm³/mol. The van der Waals surface area contributed by atoms with Gasteiger partial charge in [0.05, 0.1) is 10.9 Å². The first-order valence-electron chi connectivity index (χ1n) is 5.64. The van der Waals surface area contributed by atoms with Crippen molar-refractivity contribution in [1.29, 1.82) is 0 Å². The third-order valence-electron chi connectivity index (χ3n) is 3.09. The fourth-order valence-electron chi connectivity index (χ4n) is 2.20. The molecule has 1 saturated heterocycles. The first-order chi connectivity index (χ1) is 8.25. The second-order valence-electron chi connectivity index (χ2n) is 4.23. The number of carbonyl (C=O) groups excluding carboxylic acids is 1. The number of hydrogen-bond donors (Lipinski definition) is 2. The average Bonchev–Trinajstić information content (AvgIpc) is 2.96. The number of hydrogen-bond acceptors (Lipinski definition) is 4. The van der Waals surface area contributed by atoms with Crippen molar-refractivity contribution in [1.82, 2.24) is 15.2 Å². The van der Waals surface area contributed by atoms with Crippen LogP contribution in [0.25, 0.3) is 11.0 Å². The van der Waals surface area contributed by atoms with E-state index >= 15 is 0 Å². The van der Waals surface area contributed by atoms with Crippen molar-refractivity contribution in [2.45, 2.75) is 12.8 Å². The van der Waals surface area contributed by atoms with E-state index in [1.165, 1.54) is 19.0 Å². The number of H-pyrrole nitrogens is 1. The summed E-state index contributed by atoms with van der Waals surface area (Å²) in [4.78, 5) is 17.5. The van der Waals surface area contributed by atoms with Crippen LogP contribution in [0.1, 0.15) is 23.2 Å². The molecule has 0 atom stereocenters. The zero-order valence-electron chi connectivity index (χ0n) is 9.31. The zero-order valence-corrected chi connectivity index (χ0v) is 9.31. The number of amides is 1. The lowest BCUT2D eigenvalue weighted by Gasteiger charge is -2.13. The molecule has 0 unspecified atom stereocenters. The fraction of sp³-hybridized carbons (Fsp3) is 0.364. The summed E-state index contributed by atoms with van der Waals surface area (Å²) in [5.41, 5.74) is 6.36. The Morgan fingerprint density at radius 3 is 2.88 bits per heavy atom. The molecule has 6 heteroatoms. The molecule has 3 N–H and O–H groups in total. The van der Waals surface area contributed by atoms with Gasteiger partial charge in [0.15, 0.2) is 11.5 Å². The van der Waals surface area contributed by atoms with Gasteiger partial charge in [0, 0.05) is 19.3 Å². The maximum Gasteiger partial charge on any atom is 0.250 e. The minimum atomic E-state index is -0.465. The number of pyridine rings is 1. The highest BCUT2D eigenvalue weighted by atomic mass is 16.1. The molecule has 0 bridgehead atoms. The number of carbonyl (C=O) groups is 1. The van der Waals surface area contributed by atoms with Crippen LogP contribution >= 0.6 is 0 Å². The van der Waals surface area contributed by atoms with Crippen molar-refractivity contribution in [3.63, 3.8) is 0 Å². The molecular weight excluding hydrogens is 218 g/mol. The van der Waals surface area contributed by atoms with Crippen molar-refractivity contribution >= 4 is 22.8 Å². The highest BCUT2D eigenvalue weighted by Crippen LogP contribution is 2.26. The first kappa shape index (κ1) is 10.1. The number of nitrogens with zero attached hydrogens (tertiary/aromatic N) is 3. The average molecular weight is 231 g/mol. The molecule has 2 aromatic rings. The number of nitrogens with one attached hydrogen (secondary N) is 1. The number of rotatable bonds is 2. The molecule has 0 aliphatic carbocycles. The molecular formula is C11H13N5O. The van der Waals surface area contributed by atoms with Crippen LogP contribution in [0, 0.1) is 0 Å². The maximum absolute atomic E-state index is 11.1. The minimum absolute atomic E-state index is 0.416. The van der Waals surface area contributed by atoms with E-state index in [1.807, 2.05) is 0 Å². The monoisotopic (exact) mass is 231 g/mol. The van der Waals surface area contributed by atoms with Crippen LogP contribution in [0.15, 0.2) is 12.3 Å². The predicted octanol–water partition coefficient (Wildman–Crippen LogP) is 0.657. The maximum atomic E-state index is 11.1. The molecule has 17 heavy (non-hydrogen) atoms. The number of aromatic nitrogens is 3. The van der Waals surface area contributed by atoms with Gasteiger partial charge in [-0.05, 0) is 18.9 Å². The number of anilines is 1. The van der Waals surface area contributed by atoms with E-state index in [2.05, 4.69) is 20.1 Å². The molecule has 88 valence electrons. The Labute approximate surface area is 97.8 Å². The minimum Gasteiger partial charge on any atom is -0.366 e. The molecule has 2 aromatic heterocycles. The Balaban J connectivity index is 2.11. The Hall–Kier alpha value is -2.11. The van der Waals surface area contributed by atoms with Gasteiger partial charge < -0.3 is 10.6 Å². The van der Waals surface area contributed by atoms with Crippen molar-refractivity contribution in [2.24, 2.45) is 5.73 Å². The molecule has 1 aliphatic heterocycles. The van der Waals surface area contributed by atoms with Gasteiger partial charge >= 0.3 is 0 Å². The summed E-state index contributed by atoms with van der Waals surface area (Å²) in [6, 6.07) is 1.75. The van der Waals surface area contributed by atoms with Gasteiger partial charge in [0.2, 0.25) is 5.91 Å². The summed E-state index contributed by atoms with van der Waals surface area (Å²) >= 11 is 0. The quantitative estimate of drug-likeness (QED) is 0.794. The Bertz CT molecular complexity index is 570. The summed E-state index contributed by atoms with van der Waals surface area (Å²) in [5, 5.41) is 8.00. The first-order valence-corrected chi connectivity index (χ1v) is 5.64. The molecule has 0 saturated carbocycles. The lowest BCUT2D eigenvalue weighted by molar-refractivity contribution is 0.1000. The van der Waals surface area contributed by atoms with E-state index in [0.29, 0.717) is 11.2 Å². The highest BCUT2D eigenvalue weighted by molar-refractivity contribution is 5.98. The largest absolute Gasteiger partial charge is 0.366 e. The van der Waals surface area contributed by atoms with Crippen LogP contribution in [0.2, 0.25) is 0 Å². The molecule has 0 radical (unpaired) electrons. The number of fused-ring (bicyclic) bond motifs is 1. The Morgan fingerprint density at radius 2 is 2.18 bits per heavy atom. The lowest BCUT2D eigenvalue weighted by atomic mass is 10.2. The van der Waals surface area contributed by atoms with E-state index < -0.39 is 5.91 Å². The molecule has 3 rings (SSSR count). The summed E-state index contributed by atoms with van der Waals surface area (Å²) in [7, 11) is 0. The third kappa shape index (κ3) is 1.61. The van der Waals surface area contributed by atoms with E-state index in [1.54, 1.807) is 6.07 Å². The molecule has 0 aromatic carbocycles. The topological polar surface area (TPSA) is 87.9 Å². The van der Waals surface area contributed by atoms with E-state index in [4.69, 9.17) is 5.73 Å². The van der Waals surface area contributed by atoms with Crippen LogP contribution in [-0.4, -0.2) is 34.2 Å². The summed E-state index contributed by atoms with van der Waals surface area (Å²) < 4.78 is 0. The van der Waals surface area contributed by atoms with Crippen molar-refractivity contribution < 1.29 is 4.79 Å². The third-order valence-corrected chi connectivity index (χ3v) is 3.09. The van der Waals surface area contributed by atoms with E-state index in [0.717, 1.165) is 24.3 Å². The SMILES string of the molecule is NC(=O)c1cnc2[nH]nc(N3CCCC3)c2c1. The summed E-state index contributed by atoms with van der Waals surface area (Å²) in [6.45, 7) is 2.00. The van der Waals surface area contributed by atoms with Gasteiger partial charge in [-0.25, -0.2) is 4.98 Å². The van der Waals surface area contributed by atoms with Gasteiger partial charge in [-0.3, -0.25) is 9.89 Å². The second-order valence-corrected chi connectivity index (χ2v) is 4.23. The van der Waals surface area contributed by atoms with Gasteiger partial charge in [0.25, 0.3) is 0 Å².